The summed E-state index contributed by atoms with van der Waals surface area (Å²) in [6.45, 7) is 3.90. The van der Waals surface area contributed by atoms with Crippen molar-refractivity contribution in [1.29, 1.82) is 0 Å². The molecule has 0 aliphatic carbocycles. The minimum Gasteiger partial charge on any atom is -0.495 e. The lowest BCUT2D eigenvalue weighted by Crippen LogP contribution is -2.48. The van der Waals surface area contributed by atoms with Gasteiger partial charge in [-0.2, -0.15) is 0 Å². The van der Waals surface area contributed by atoms with Crippen LogP contribution in [0.15, 0.2) is 87.3 Å². The highest BCUT2D eigenvalue weighted by Crippen LogP contribution is 2.29. The third-order valence-electron chi connectivity index (χ3n) is 6.29. The van der Waals surface area contributed by atoms with E-state index in [2.05, 4.69) is 26.7 Å². The number of halogens is 1. The molecule has 4 aromatic rings. The number of nitrogens with one attached hydrogen (secondary N) is 1. The number of amides is 1. The van der Waals surface area contributed by atoms with E-state index in [9.17, 15) is 13.2 Å². The zero-order chi connectivity index (χ0) is 26.5. The van der Waals surface area contributed by atoms with Crippen molar-refractivity contribution in [2.75, 3.05) is 43.8 Å². The fourth-order valence-corrected chi connectivity index (χ4v) is 6.09. The van der Waals surface area contributed by atoms with Gasteiger partial charge >= 0.3 is 0 Å². The van der Waals surface area contributed by atoms with Gasteiger partial charge < -0.3 is 14.1 Å². The van der Waals surface area contributed by atoms with E-state index in [1.165, 1.54) is 36.6 Å². The number of nitrogens with zero attached hydrogens (tertiary/aromatic N) is 3. The molecule has 1 saturated heterocycles. The Labute approximate surface area is 238 Å². The largest absolute Gasteiger partial charge is 0.495 e. The standard InChI is InChI=1S/C27H28N4O5S2.ClH/c1-35-24-10-6-5-9-22(24)29-38(33,34)21-11-12-25-23(17-21)28-27(36-25)37-19-26(32)31-15-13-30(14-16-31)18-20-7-3-2-4-8-20;/h2-12,17,29H,13-16,18-19H2,1H3;1H. The number of oxazole rings is 1. The van der Waals surface area contributed by atoms with E-state index in [-0.39, 0.29) is 29.0 Å². The van der Waals surface area contributed by atoms with Crippen LogP contribution in [0, 0.1) is 0 Å². The Hall–Kier alpha value is -3.25. The molecule has 1 N–H and O–H groups in total. The van der Waals surface area contributed by atoms with E-state index in [0.717, 1.165) is 19.6 Å². The maximum Gasteiger partial charge on any atom is 0.262 e. The molecule has 5 rings (SSSR count). The summed E-state index contributed by atoms with van der Waals surface area (Å²) in [5.74, 6) is 0.645. The van der Waals surface area contributed by atoms with Crippen LogP contribution in [-0.2, 0) is 21.4 Å². The van der Waals surface area contributed by atoms with Crippen LogP contribution in [0.3, 0.4) is 0 Å². The van der Waals surface area contributed by atoms with Gasteiger partial charge in [0.2, 0.25) is 5.91 Å². The van der Waals surface area contributed by atoms with E-state index in [1.54, 1.807) is 30.3 Å². The van der Waals surface area contributed by atoms with E-state index in [1.807, 2.05) is 23.1 Å². The van der Waals surface area contributed by atoms with E-state index >= 15 is 0 Å². The van der Waals surface area contributed by atoms with Crippen LogP contribution in [0.4, 0.5) is 5.69 Å². The zero-order valence-corrected chi connectivity index (χ0v) is 23.7. The van der Waals surface area contributed by atoms with Gasteiger partial charge in [-0.25, -0.2) is 13.4 Å². The molecule has 0 spiro atoms. The van der Waals surface area contributed by atoms with Gasteiger partial charge in [-0.3, -0.25) is 14.4 Å². The molecule has 0 unspecified atom stereocenters. The van der Waals surface area contributed by atoms with Gasteiger partial charge in [0.05, 0.1) is 23.4 Å². The zero-order valence-electron chi connectivity index (χ0n) is 21.3. The number of hydrogen-bond donors (Lipinski definition) is 1. The molecule has 2 heterocycles. The fraction of sp³-hybridized carbons (Fsp3) is 0.259. The van der Waals surface area contributed by atoms with Crippen molar-refractivity contribution in [3.8, 4) is 5.75 Å². The van der Waals surface area contributed by atoms with Crippen molar-refractivity contribution in [3.05, 3.63) is 78.4 Å². The normalized spacial score (nSPS) is 14.1. The lowest BCUT2D eigenvalue weighted by atomic mass is 10.2. The molecule has 1 aliphatic heterocycles. The minimum atomic E-state index is -3.88. The number of carbonyl (C=O) groups is 1. The van der Waals surface area contributed by atoms with Crippen molar-refractivity contribution in [2.45, 2.75) is 16.7 Å². The predicted molar refractivity (Wildman–Crippen MR) is 154 cm³/mol. The number of sulfonamides is 1. The van der Waals surface area contributed by atoms with Crippen LogP contribution in [0.1, 0.15) is 5.56 Å². The lowest BCUT2D eigenvalue weighted by molar-refractivity contribution is -0.130. The number of hydrogen-bond acceptors (Lipinski definition) is 8. The Bertz CT molecular complexity index is 1520. The molecule has 3 aromatic carbocycles. The Kier molecular flexibility index (Phi) is 9.39. The molecule has 1 aliphatic rings. The van der Waals surface area contributed by atoms with Crippen LogP contribution in [-0.4, -0.2) is 68.2 Å². The average Bonchev–Trinajstić information content (AvgIpc) is 3.35. The van der Waals surface area contributed by atoms with Gasteiger partial charge in [0.1, 0.15) is 11.3 Å². The third-order valence-corrected chi connectivity index (χ3v) is 8.47. The van der Waals surface area contributed by atoms with E-state index in [0.29, 0.717) is 40.8 Å². The number of aromatic nitrogens is 1. The van der Waals surface area contributed by atoms with Gasteiger partial charge in [-0.1, -0.05) is 54.2 Å². The van der Waals surface area contributed by atoms with Gasteiger partial charge in [0, 0.05) is 32.7 Å². The smallest absolute Gasteiger partial charge is 0.262 e. The molecule has 0 saturated carbocycles. The van der Waals surface area contributed by atoms with Gasteiger partial charge in [0.25, 0.3) is 15.2 Å². The highest BCUT2D eigenvalue weighted by atomic mass is 35.5. The Morgan fingerprint density at radius 3 is 2.49 bits per heavy atom. The summed E-state index contributed by atoms with van der Waals surface area (Å²) in [5.41, 5.74) is 2.46. The highest BCUT2D eigenvalue weighted by molar-refractivity contribution is 7.99. The number of benzene rings is 3. The van der Waals surface area contributed by atoms with Crippen molar-refractivity contribution in [2.24, 2.45) is 0 Å². The maximum absolute atomic E-state index is 13.0. The van der Waals surface area contributed by atoms with Crippen molar-refractivity contribution >= 4 is 56.9 Å². The number of anilines is 1. The Morgan fingerprint density at radius 2 is 1.74 bits per heavy atom. The topological polar surface area (TPSA) is 105 Å². The first kappa shape index (κ1) is 28.8. The second-order valence-electron chi connectivity index (χ2n) is 8.85. The predicted octanol–water partition coefficient (Wildman–Crippen LogP) is 4.50. The average molecular weight is 589 g/mol. The number of para-hydroxylation sites is 2. The first-order valence-corrected chi connectivity index (χ1v) is 14.6. The number of thioether (sulfide) groups is 1. The molecular weight excluding hydrogens is 560 g/mol. The maximum atomic E-state index is 13.0. The number of ether oxygens (including phenoxy) is 1. The van der Waals surface area contributed by atoms with Gasteiger partial charge in [-0.05, 0) is 35.9 Å². The Balaban J connectivity index is 0.00000353. The number of methoxy groups -OCH3 is 1. The van der Waals surface area contributed by atoms with Crippen molar-refractivity contribution < 1.29 is 22.4 Å². The molecule has 1 aromatic heterocycles. The SMILES string of the molecule is COc1ccccc1NS(=O)(=O)c1ccc2oc(SCC(=O)N3CCN(Cc4ccccc4)CC3)nc2c1.Cl. The monoisotopic (exact) mass is 588 g/mol. The minimum absolute atomic E-state index is 0. The van der Waals surface area contributed by atoms with Gasteiger partial charge in [-0.15, -0.1) is 12.4 Å². The Morgan fingerprint density at radius 1 is 1.03 bits per heavy atom. The quantitative estimate of drug-likeness (QED) is 0.285. The molecule has 9 nitrogen and oxygen atoms in total. The number of rotatable bonds is 9. The molecule has 12 heteroatoms. The number of fused-ring (bicyclic) bond motifs is 1. The van der Waals surface area contributed by atoms with Crippen molar-refractivity contribution in [1.82, 2.24) is 14.8 Å². The molecule has 0 bridgehead atoms. The summed E-state index contributed by atoms with van der Waals surface area (Å²) >= 11 is 1.21. The molecule has 0 radical (unpaired) electrons. The van der Waals surface area contributed by atoms with Crippen LogP contribution < -0.4 is 9.46 Å². The molecule has 39 heavy (non-hydrogen) atoms. The fourth-order valence-electron chi connectivity index (χ4n) is 4.26. The molecule has 1 fully saturated rings. The summed E-state index contributed by atoms with van der Waals surface area (Å²) in [7, 11) is -2.40. The van der Waals surface area contributed by atoms with Crippen LogP contribution in [0.2, 0.25) is 0 Å². The molecule has 206 valence electrons. The van der Waals surface area contributed by atoms with Crippen LogP contribution in [0.5, 0.6) is 5.75 Å². The van der Waals surface area contributed by atoms with Gasteiger partial charge in [0.15, 0.2) is 5.58 Å². The van der Waals surface area contributed by atoms with Crippen LogP contribution >= 0.6 is 24.2 Å². The molecular formula is C27H29ClN4O5S2. The van der Waals surface area contributed by atoms with E-state index < -0.39 is 10.0 Å². The first-order valence-electron chi connectivity index (χ1n) is 12.1. The first-order chi connectivity index (χ1) is 18.4. The second kappa shape index (κ2) is 12.7. The number of carbonyl (C=O) groups excluding carboxylic acids is 1. The van der Waals surface area contributed by atoms with Crippen LogP contribution in [0.25, 0.3) is 11.1 Å². The van der Waals surface area contributed by atoms with Crippen molar-refractivity contribution in [3.63, 3.8) is 0 Å². The summed E-state index contributed by atoms with van der Waals surface area (Å²) in [4.78, 5) is 21.4. The number of piperazine rings is 1. The summed E-state index contributed by atoms with van der Waals surface area (Å²) in [6, 6.07) is 21.6. The molecule has 0 atom stereocenters. The summed E-state index contributed by atoms with van der Waals surface area (Å²) in [5, 5.41) is 0.322. The highest BCUT2D eigenvalue weighted by Gasteiger charge is 2.23. The third kappa shape index (κ3) is 7.04. The van der Waals surface area contributed by atoms with E-state index in [4.69, 9.17) is 9.15 Å². The molecule has 1 amide bonds. The summed E-state index contributed by atoms with van der Waals surface area (Å²) in [6.07, 6.45) is 0. The second-order valence-corrected chi connectivity index (χ2v) is 11.5. The lowest BCUT2D eigenvalue weighted by Gasteiger charge is -2.34. The summed E-state index contributed by atoms with van der Waals surface area (Å²) < 4.78 is 39.4.